The number of aryl methyl sites for hydroxylation is 1. The van der Waals surface area contributed by atoms with Gasteiger partial charge in [0, 0.05) is 17.3 Å². The number of carbonyl (C=O) groups excluding carboxylic acids is 1. The molecule has 0 spiro atoms. The van der Waals surface area contributed by atoms with Crippen LogP contribution in [0.25, 0.3) is 10.9 Å². The van der Waals surface area contributed by atoms with E-state index in [0.29, 0.717) is 17.9 Å². The summed E-state index contributed by atoms with van der Waals surface area (Å²) in [6.45, 7) is 7.06. The number of aromatic nitrogens is 1. The molecule has 0 amide bonds. The molecule has 0 bridgehead atoms. The Morgan fingerprint density at radius 3 is 2.57 bits per heavy atom. The molecule has 0 aliphatic heterocycles. The average Bonchev–Trinajstić information content (AvgIpc) is 2.75. The lowest BCUT2D eigenvalue weighted by Crippen LogP contribution is -2.09. The van der Waals surface area contributed by atoms with Crippen molar-refractivity contribution in [3.8, 4) is 5.75 Å². The van der Waals surface area contributed by atoms with Gasteiger partial charge in [0.15, 0.2) is 0 Å². The summed E-state index contributed by atoms with van der Waals surface area (Å²) in [4.78, 5) is 16.9. The third kappa shape index (κ3) is 5.50. The van der Waals surface area contributed by atoms with Crippen LogP contribution in [0.4, 0.5) is 11.4 Å². The number of pyridine rings is 1. The van der Waals surface area contributed by atoms with Gasteiger partial charge in [-0.25, -0.2) is 4.79 Å². The second-order valence-corrected chi connectivity index (χ2v) is 7.35. The summed E-state index contributed by atoms with van der Waals surface area (Å²) >= 11 is 0. The third-order valence-corrected chi connectivity index (χ3v) is 4.91. The van der Waals surface area contributed by atoms with E-state index in [0.717, 1.165) is 40.9 Å². The van der Waals surface area contributed by atoms with E-state index < -0.39 is 0 Å². The number of benzene rings is 2. The Balaban J connectivity index is 1.82. The Kier molecular flexibility index (Phi) is 7.66. The number of fused-ring (bicyclic) bond motifs is 1. The number of nitrogens with zero attached hydrogens (tertiary/aromatic N) is 1. The minimum atomic E-state index is -0.386. The van der Waals surface area contributed by atoms with Crippen LogP contribution in [0.2, 0.25) is 0 Å². The smallest absolute Gasteiger partial charge is 0.341 e. The van der Waals surface area contributed by atoms with Crippen molar-refractivity contribution in [3.05, 3.63) is 59.8 Å². The average molecular weight is 407 g/mol. The molecule has 0 saturated carbocycles. The fraction of sp³-hybridized carbons (Fsp3) is 0.360. The second-order valence-electron chi connectivity index (χ2n) is 7.35. The SMILES string of the molecule is CCCCCCOc1ccc(Nc2c(C(=O)OCC)cnc3ccc(C)cc23)cc1. The van der Waals surface area contributed by atoms with Crippen LogP contribution in [-0.2, 0) is 4.74 Å². The van der Waals surface area contributed by atoms with Gasteiger partial charge in [0.05, 0.1) is 24.4 Å². The number of unbranched alkanes of at least 4 members (excludes halogenated alkanes) is 3. The van der Waals surface area contributed by atoms with Gasteiger partial charge in [-0.15, -0.1) is 0 Å². The van der Waals surface area contributed by atoms with E-state index in [9.17, 15) is 4.79 Å². The van der Waals surface area contributed by atoms with E-state index in [1.54, 1.807) is 13.1 Å². The highest BCUT2D eigenvalue weighted by Gasteiger charge is 2.17. The predicted octanol–water partition coefficient (Wildman–Crippen LogP) is 6.42. The van der Waals surface area contributed by atoms with Crippen molar-refractivity contribution >= 4 is 28.2 Å². The van der Waals surface area contributed by atoms with E-state index >= 15 is 0 Å². The molecule has 1 heterocycles. The minimum absolute atomic E-state index is 0.314. The maximum Gasteiger partial charge on any atom is 0.341 e. The zero-order valence-electron chi connectivity index (χ0n) is 18.0. The second kappa shape index (κ2) is 10.6. The molecule has 0 saturated heterocycles. The van der Waals surface area contributed by atoms with E-state index in [-0.39, 0.29) is 5.97 Å². The molecule has 0 unspecified atom stereocenters. The van der Waals surface area contributed by atoms with E-state index in [1.165, 1.54) is 19.3 Å². The lowest BCUT2D eigenvalue weighted by Gasteiger charge is -2.15. The zero-order valence-corrected chi connectivity index (χ0v) is 18.0. The lowest BCUT2D eigenvalue weighted by molar-refractivity contribution is 0.0527. The first-order valence-electron chi connectivity index (χ1n) is 10.7. The largest absolute Gasteiger partial charge is 0.494 e. The molecule has 0 fully saturated rings. The highest BCUT2D eigenvalue weighted by Crippen LogP contribution is 2.31. The van der Waals surface area contributed by atoms with Gasteiger partial charge in [-0.2, -0.15) is 0 Å². The van der Waals surface area contributed by atoms with Gasteiger partial charge in [-0.3, -0.25) is 4.98 Å². The Hall–Kier alpha value is -3.08. The quantitative estimate of drug-likeness (QED) is 0.311. The summed E-state index contributed by atoms with van der Waals surface area (Å²) in [6.07, 6.45) is 6.30. The van der Waals surface area contributed by atoms with Crippen molar-refractivity contribution < 1.29 is 14.3 Å². The maximum absolute atomic E-state index is 12.5. The molecule has 5 nitrogen and oxygen atoms in total. The van der Waals surface area contributed by atoms with Crippen LogP contribution >= 0.6 is 0 Å². The summed E-state index contributed by atoms with van der Waals surface area (Å²) in [5, 5.41) is 4.28. The van der Waals surface area contributed by atoms with Gasteiger partial charge in [0.1, 0.15) is 11.3 Å². The molecule has 30 heavy (non-hydrogen) atoms. The first-order valence-corrected chi connectivity index (χ1v) is 10.7. The van der Waals surface area contributed by atoms with Gasteiger partial charge in [-0.1, -0.05) is 37.8 Å². The first kappa shape index (κ1) is 21.6. The molecule has 3 rings (SSSR count). The summed E-state index contributed by atoms with van der Waals surface area (Å²) in [7, 11) is 0. The molecule has 2 aromatic carbocycles. The summed E-state index contributed by atoms with van der Waals surface area (Å²) in [5.74, 6) is 0.459. The minimum Gasteiger partial charge on any atom is -0.494 e. The molecular weight excluding hydrogens is 376 g/mol. The van der Waals surface area contributed by atoms with Crippen molar-refractivity contribution in [2.75, 3.05) is 18.5 Å². The molecule has 1 aromatic heterocycles. The Morgan fingerprint density at radius 1 is 1.03 bits per heavy atom. The predicted molar refractivity (Wildman–Crippen MR) is 122 cm³/mol. The van der Waals surface area contributed by atoms with Crippen LogP contribution < -0.4 is 10.1 Å². The highest BCUT2D eigenvalue weighted by molar-refractivity contribution is 6.06. The van der Waals surface area contributed by atoms with Crippen LogP contribution in [0.1, 0.15) is 55.5 Å². The number of hydrogen-bond donors (Lipinski definition) is 1. The standard InChI is InChI=1S/C25H30N2O3/c1-4-6-7-8-15-30-20-12-10-19(11-13-20)27-24-21-16-18(3)9-14-23(21)26-17-22(24)25(28)29-5-2/h9-14,16-17H,4-8,15H2,1-3H3,(H,26,27). The number of carbonyl (C=O) groups is 1. The zero-order chi connectivity index (χ0) is 21.3. The van der Waals surface area contributed by atoms with Gasteiger partial charge < -0.3 is 14.8 Å². The fourth-order valence-electron chi connectivity index (χ4n) is 3.30. The summed E-state index contributed by atoms with van der Waals surface area (Å²) < 4.78 is 11.1. The molecular formula is C25H30N2O3. The van der Waals surface area contributed by atoms with Crippen molar-refractivity contribution in [1.82, 2.24) is 4.98 Å². The molecule has 0 aliphatic rings. The highest BCUT2D eigenvalue weighted by atomic mass is 16.5. The Bertz CT molecular complexity index is 984. The number of anilines is 2. The molecule has 5 heteroatoms. The van der Waals surface area contributed by atoms with E-state index in [4.69, 9.17) is 9.47 Å². The molecule has 1 N–H and O–H groups in total. The van der Waals surface area contributed by atoms with Crippen LogP contribution in [0, 0.1) is 6.92 Å². The van der Waals surface area contributed by atoms with Gasteiger partial charge >= 0.3 is 5.97 Å². The molecule has 0 radical (unpaired) electrons. The Morgan fingerprint density at radius 2 is 1.83 bits per heavy atom. The van der Waals surface area contributed by atoms with Crippen molar-refractivity contribution in [2.45, 2.75) is 46.5 Å². The molecule has 0 atom stereocenters. The van der Waals surface area contributed by atoms with Crippen LogP contribution in [0.5, 0.6) is 5.75 Å². The van der Waals surface area contributed by atoms with Crippen molar-refractivity contribution in [3.63, 3.8) is 0 Å². The number of rotatable bonds is 10. The van der Waals surface area contributed by atoms with Crippen molar-refractivity contribution in [2.24, 2.45) is 0 Å². The Labute approximate surface area is 178 Å². The number of ether oxygens (including phenoxy) is 2. The lowest BCUT2D eigenvalue weighted by atomic mass is 10.1. The third-order valence-electron chi connectivity index (χ3n) is 4.91. The van der Waals surface area contributed by atoms with Crippen molar-refractivity contribution in [1.29, 1.82) is 0 Å². The van der Waals surface area contributed by atoms with Gasteiger partial charge in [0.25, 0.3) is 0 Å². The number of nitrogens with one attached hydrogen (secondary N) is 1. The topological polar surface area (TPSA) is 60.5 Å². The van der Waals surface area contributed by atoms with Gasteiger partial charge in [-0.05, 0) is 56.7 Å². The summed E-state index contributed by atoms with van der Waals surface area (Å²) in [5.41, 5.74) is 3.91. The van der Waals surface area contributed by atoms with E-state index in [2.05, 4.69) is 17.2 Å². The molecule has 0 aliphatic carbocycles. The van der Waals surface area contributed by atoms with Crippen LogP contribution in [0.3, 0.4) is 0 Å². The summed E-state index contributed by atoms with van der Waals surface area (Å²) in [6, 6.07) is 13.8. The number of hydrogen-bond acceptors (Lipinski definition) is 5. The molecule has 158 valence electrons. The number of esters is 1. The first-order chi connectivity index (χ1) is 14.6. The van der Waals surface area contributed by atoms with E-state index in [1.807, 2.05) is 49.4 Å². The van der Waals surface area contributed by atoms with Gasteiger partial charge in [0.2, 0.25) is 0 Å². The maximum atomic E-state index is 12.5. The fourth-order valence-corrected chi connectivity index (χ4v) is 3.30. The van der Waals surface area contributed by atoms with Crippen LogP contribution in [-0.4, -0.2) is 24.2 Å². The molecule has 3 aromatic rings. The normalized spacial score (nSPS) is 10.8. The van der Waals surface area contributed by atoms with Crippen LogP contribution in [0.15, 0.2) is 48.7 Å². The monoisotopic (exact) mass is 406 g/mol.